The maximum Gasteiger partial charge on any atom is 0.133 e. The van der Waals surface area contributed by atoms with Gasteiger partial charge in [-0.25, -0.2) is 0 Å². The summed E-state index contributed by atoms with van der Waals surface area (Å²) in [6, 6.07) is 19.8. The third kappa shape index (κ3) is 2.45. The molecule has 0 atom stereocenters. The van der Waals surface area contributed by atoms with Gasteiger partial charge in [-0.2, -0.15) is 0 Å². The van der Waals surface area contributed by atoms with E-state index in [9.17, 15) is 4.79 Å². The number of anilines is 1. The quantitative estimate of drug-likeness (QED) is 0.679. The zero-order chi connectivity index (χ0) is 14.9. The number of nitrogens with one attached hydrogen (secondary N) is 1. The number of rotatable bonds is 2. The fourth-order valence-corrected chi connectivity index (χ4v) is 3.40. The Morgan fingerprint density at radius 1 is 0.818 bits per heavy atom. The SMILES string of the molecule is O=C1CCC(Nc2cccc3cc4ccccc4cc23)CC1. The molecule has 0 bridgehead atoms. The highest BCUT2D eigenvalue weighted by atomic mass is 16.1. The number of hydrogen-bond acceptors (Lipinski definition) is 2. The Balaban J connectivity index is 1.73. The van der Waals surface area contributed by atoms with Gasteiger partial charge in [0.1, 0.15) is 5.78 Å². The molecule has 0 saturated heterocycles. The van der Waals surface area contributed by atoms with Crippen molar-refractivity contribution in [3.63, 3.8) is 0 Å². The maximum atomic E-state index is 11.4. The van der Waals surface area contributed by atoms with Crippen molar-refractivity contribution in [1.82, 2.24) is 0 Å². The summed E-state index contributed by atoms with van der Waals surface area (Å²) < 4.78 is 0. The van der Waals surface area contributed by atoms with Crippen LogP contribution in [0.4, 0.5) is 5.69 Å². The van der Waals surface area contributed by atoms with Gasteiger partial charge in [0, 0.05) is 30.0 Å². The molecule has 2 nitrogen and oxygen atoms in total. The van der Waals surface area contributed by atoms with Gasteiger partial charge in [0.05, 0.1) is 0 Å². The summed E-state index contributed by atoms with van der Waals surface area (Å²) in [6.07, 6.45) is 3.32. The molecule has 1 aliphatic carbocycles. The van der Waals surface area contributed by atoms with Crippen LogP contribution in [0.1, 0.15) is 25.7 Å². The lowest BCUT2D eigenvalue weighted by Gasteiger charge is -2.24. The third-order valence-corrected chi connectivity index (χ3v) is 4.65. The molecule has 1 N–H and O–H groups in total. The number of carbonyl (C=O) groups excluding carboxylic acids is 1. The first-order chi connectivity index (χ1) is 10.8. The summed E-state index contributed by atoms with van der Waals surface area (Å²) in [5.41, 5.74) is 1.18. The normalized spacial score (nSPS) is 16.3. The predicted octanol–water partition coefficient (Wildman–Crippen LogP) is 4.92. The Morgan fingerprint density at radius 3 is 2.27 bits per heavy atom. The Hall–Kier alpha value is -2.35. The van der Waals surface area contributed by atoms with Crippen LogP contribution < -0.4 is 5.32 Å². The van der Waals surface area contributed by atoms with Gasteiger partial charge in [-0.05, 0) is 47.2 Å². The zero-order valence-corrected chi connectivity index (χ0v) is 12.5. The van der Waals surface area contributed by atoms with E-state index in [1.54, 1.807) is 0 Å². The number of benzene rings is 3. The summed E-state index contributed by atoms with van der Waals surface area (Å²) in [6.45, 7) is 0. The zero-order valence-electron chi connectivity index (χ0n) is 12.5. The minimum Gasteiger partial charge on any atom is -0.382 e. The Kier molecular flexibility index (Phi) is 3.30. The largest absolute Gasteiger partial charge is 0.382 e. The first-order valence-corrected chi connectivity index (χ1v) is 7.99. The van der Waals surface area contributed by atoms with Gasteiger partial charge in [-0.15, -0.1) is 0 Å². The van der Waals surface area contributed by atoms with E-state index in [4.69, 9.17) is 0 Å². The molecular formula is C20H19NO. The molecule has 2 heteroatoms. The lowest BCUT2D eigenvalue weighted by atomic mass is 9.93. The van der Waals surface area contributed by atoms with Gasteiger partial charge in [-0.1, -0.05) is 36.4 Å². The van der Waals surface area contributed by atoms with Crippen molar-refractivity contribution in [3.8, 4) is 0 Å². The average Bonchev–Trinajstić information content (AvgIpc) is 2.55. The van der Waals surface area contributed by atoms with Gasteiger partial charge < -0.3 is 5.32 Å². The fourth-order valence-electron chi connectivity index (χ4n) is 3.40. The van der Waals surface area contributed by atoms with Crippen LogP contribution in [-0.2, 0) is 4.79 Å². The van der Waals surface area contributed by atoms with Crippen molar-refractivity contribution >= 4 is 33.0 Å². The lowest BCUT2D eigenvalue weighted by Crippen LogP contribution is -2.26. The Morgan fingerprint density at radius 2 is 1.50 bits per heavy atom. The molecular weight excluding hydrogens is 270 g/mol. The fraction of sp³-hybridized carbons (Fsp3) is 0.250. The summed E-state index contributed by atoms with van der Waals surface area (Å²) in [5, 5.41) is 8.72. The second-order valence-electron chi connectivity index (χ2n) is 6.18. The van der Waals surface area contributed by atoms with Crippen LogP contribution in [0.2, 0.25) is 0 Å². The van der Waals surface area contributed by atoms with E-state index >= 15 is 0 Å². The minimum absolute atomic E-state index is 0.405. The average molecular weight is 289 g/mol. The van der Waals surface area contributed by atoms with Crippen LogP contribution >= 0.6 is 0 Å². The van der Waals surface area contributed by atoms with E-state index in [0.717, 1.165) is 12.8 Å². The molecule has 1 saturated carbocycles. The molecule has 0 amide bonds. The van der Waals surface area contributed by atoms with Crippen LogP contribution in [0, 0.1) is 0 Å². The van der Waals surface area contributed by atoms with Gasteiger partial charge in [-0.3, -0.25) is 4.79 Å². The van der Waals surface area contributed by atoms with Crippen molar-refractivity contribution in [2.24, 2.45) is 0 Å². The lowest BCUT2D eigenvalue weighted by molar-refractivity contribution is -0.120. The van der Waals surface area contributed by atoms with Crippen molar-refractivity contribution < 1.29 is 4.79 Å². The monoisotopic (exact) mass is 289 g/mol. The summed E-state index contributed by atoms with van der Waals surface area (Å²) >= 11 is 0. The number of carbonyl (C=O) groups is 1. The molecule has 1 aliphatic rings. The van der Waals surface area contributed by atoms with Crippen LogP contribution in [0.15, 0.2) is 54.6 Å². The summed E-state index contributed by atoms with van der Waals surface area (Å²) in [7, 11) is 0. The summed E-state index contributed by atoms with van der Waals surface area (Å²) in [5.74, 6) is 0.405. The van der Waals surface area contributed by atoms with Gasteiger partial charge in [0.2, 0.25) is 0 Å². The molecule has 4 rings (SSSR count). The van der Waals surface area contributed by atoms with Gasteiger partial charge >= 0.3 is 0 Å². The summed E-state index contributed by atoms with van der Waals surface area (Å²) in [4.78, 5) is 11.4. The number of fused-ring (bicyclic) bond motifs is 2. The van der Waals surface area contributed by atoms with Crippen LogP contribution in [0.5, 0.6) is 0 Å². The highest BCUT2D eigenvalue weighted by Gasteiger charge is 2.18. The second-order valence-corrected chi connectivity index (χ2v) is 6.18. The van der Waals surface area contributed by atoms with E-state index in [-0.39, 0.29) is 0 Å². The van der Waals surface area contributed by atoms with E-state index in [2.05, 4.69) is 59.9 Å². The van der Waals surface area contributed by atoms with E-state index < -0.39 is 0 Å². The van der Waals surface area contributed by atoms with Crippen LogP contribution in [-0.4, -0.2) is 11.8 Å². The molecule has 3 aromatic rings. The third-order valence-electron chi connectivity index (χ3n) is 4.65. The molecule has 0 spiro atoms. The van der Waals surface area contributed by atoms with Crippen LogP contribution in [0.25, 0.3) is 21.5 Å². The molecule has 0 aliphatic heterocycles. The second kappa shape index (κ2) is 5.45. The molecule has 0 radical (unpaired) electrons. The highest BCUT2D eigenvalue weighted by molar-refractivity contribution is 6.03. The smallest absolute Gasteiger partial charge is 0.133 e. The van der Waals surface area contributed by atoms with Gasteiger partial charge in [0.15, 0.2) is 0 Å². The van der Waals surface area contributed by atoms with Gasteiger partial charge in [0.25, 0.3) is 0 Å². The van der Waals surface area contributed by atoms with E-state index in [1.165, 1.54) is 27.2 Å². The maximum absolute atomic E-state index is 11.4. The van der Waals surface area contributed by atoms with Crippen LogP contribution in [0.3, 0.4) is 0 Å². The van der Waals surface area contributed by atoms with E-state index in [1.807, 2.05) is 0 Å². The van der Waals surface area contributed by atoms with Crippen molar-refractivity contribution in [2.45, 2.75) is 31.7 Å². The standard InChI is InChI=1S/C20H19NO/c22-18-10-8-17(9-11-18)21-20-7-3-6-16-12-14-4-1-2-5-15(14)13-19(16)20/h1-7,12-13,17,21H,8-11H2. The van der Waals surface area contributed by atoms with E-state index in [0.29, 0.717) is 24.7 Å². The molecule has 110 valence electrons. The van der Waals surface area contributed by atoms with Crippen molar-refractivity contribution in [3.05, 3.63) is 54.6 Å². The predicted molar refractivity (Wildman–Crippen MR) is 92.3 cm³/mol. The molecule has 1 fully saturated rings. The highest BCUT2D eigenvalue weighted by Crippen LogP contribution is 2.30. The molecule has 0 heterocycles. The number of ketones is 1. The topological polar surface area (TPSA) is 29.1 Å². The minimum atomic E-state index is 0.405. The molecule has 0 unspecified atom stereocenters. The molecule has 3 aromatic carbocycles. The number of hydrogen-bond donors (Lipinski definition) is 1. The number of Topliss-reactive ketones (excluding diaryl/α,β-unsaturated/α-hetero) is 1. The Labute approximate surface area is 130 Å². The first-order valence-electron chi connectivity index (χ1n) is 7.99. The molecule has 0 aromatic heterocycles. The Bertz CT molecular complexity index is 843. The van der Waals surface area contributed by atoms with Crippen molar-refractivity contribution in [1.29, 1.82) is 0 Å². The molecule has 22 heavy (non-hydrogen) atoms. The first kappa shape index (κ1) is 13.3. The van der Waals surface area contributed by atoms with Crippen molar-refractivity contribution in [2.75, 3.05) is 5.32 Å².